The maximum absolute atomic E-state index is 11.8. The molecule has 1 aromatic heterocycles. The molecule has 126 valence electrons. The number of imidazole rings is 1. The van der Waals surface area contributed by atoms with Gasteiger partial charge in [-0.05, 0) is 25.1 Å². The van der Waals surface area contributed by atoms with E-state index in [1.807, 2.05) is 18.2 Å². The minimum absolute atomic E-state index is 0.0781. The number of hydrogen-bond acceptors (Lipinski definition) is 4. The lowest BCUT2D eigenvalue weighted by Crippen LogP contribution is -2.26. The molecule has 7 nitrogen and oxygen atoms in total. The summed E-state index contributed by atoms with van der Waals surface area (Å²) >= 11 is 0. The monoisotopic (exact) mass is 338 g/mol. The number of fused-ring (bicyclic) bond motifs is 1. The van der Waals surface area contributed by atoms with Crippen molar-refractivity contribution in [2.45, 2.75) is 33.2 Å². The van der Waals surface area contributed by atoms with Gasteiger partial charge in [-0.25, -0.2) is 18.1 Å². The molecule has 1 aromatic carbocycles. The van der Waals surface area contributed by atoms with Gasteiger partial charge in [-0.1, -0.05) is 6.92 Å². The lowest BCUT2D eigenvalue weighted by atomic mass is 10.2. The van der Waals surface area contributed by atoms with Crippen LogP contribution in [0.1, 0.15) is 26.1 Å². The first kappa shape index (κ1) is 17.4. The number of amides is 1. The van der Waals surface area contributed by atoms with Crippen molar-refractivity contribution in [2.24, 2.45) is 0 Å². The normalized spacial score (nSPS) is 11.8. The van der Waals surface area contributed by atoms with Crippen LogP contribution >= 0.6 is 0 Å². The zero-order chi connectivity index (χ0) is 17.0. The van der Waals surface area contributed by atoms with Crippen LogP contribution in [0.4, 0.5) is 5.69 Å². The highest BCUT2D eigenvalue weighted by Crippen LogP contribution is 2.21. The summed E-state index contributed by atoms with van der Waals surface area (Å²) in [6.45, 7) is 5.06. The molecule has 0 saturated carbocycles. The van der Waals surface area contributed by atoms with Crippen molar-refractivity contribution in [1.82, 2.24) is 14.3 Å². The molecule has 1 amide bonds. The molecule has 2 rings (SSSR count). The molecular weight excluding hydrogens is 316 g/mol. The Morgan fingerprint density at radius 1 is 1.30 bits per heavy atom. The fraction of sp³-hybridized carbons (Fsp3) is 0.467. The Labute approximate surface area is 136 Å². The minimum Gasteiger partial charge on any atom is -0.328 e. The van der Waals surface area contributed by atoms with Gasteiger partial charge in [0.1, 0.15) is 5.82 Å². The first-order valence-electron chi connectivity index (χ1n) is 7.57. The summed E-state index contributed by atoms with van der Waals surface area (Å²) in [6, 6.07) is 5.61. The summed E-state index contributed by atoms with van der Waals surface area (Å²) < 4.78 is 26.4. The summed E-state index contributed by atoms with van der Waals surface area (Å²) in [5.74, 6) is 0.773. The Kier molecular flexibility index (Phi) is 5.38. The molecule has 1 heterocycles. The van der Waals surface area contributed by atoms with E-state index in [0.717, 1.165) is 36.1 Å². The molecule has 2 aromatic rings. The standard InChI is InChI=1S/C15H22N4O3S/c1-4-14-18-12-10-11(6-7-13(12)19(14)5-2)17-15(20)8-9-16-23(3,21)22/h6-7,10,16H,4-5,8-9H2,1-3H3,(H,17,20). The summed E-state index contributed by atoms with van der Waals surface area (Å²) in [7, 11) is -3.27. The van der Waals surface area contributed by atoms with Gasteiger partial charge in [0, 0.05) is 31.6 Å². The van der Waals surface area contributed by atoms with E-state index in [1.54, 1.807) is 0 Å². The average Bonchev–Trinajstić information content (AvgIpc) is 2.82. The van der Waals surface area contributed by atoms with E-state index in [0.29, 0.717) is 5.69 Å². The van der Waals surface area contributed by atoms with Crippen LogP contribution in [0.25, 0.3) is 11.0 Å². The van der Waals surface area contributed by atoms with E-state index in [9.17, 15) is 13.2 Å². The molecule has 2 N–H and O–H groups in total. The van der Waals surface area contributed by atoms with Gasteiger partial charge in [0.2, 0.25) is 15.9 Å². The van der Waals surface area contributed by atoms with Gasteiger partial charge in [-0.3, -0.25) is 4.79 Å². The van der Waals surface area contributed by atoms with Crippen LogP contribution in [0, 0.1) is 0 Å². The largest absolute Gasteiger partial charge is 0.328 e. The Balaban J connectivity index is 2.07. The van der Waals surface area contributed by atoms with Crippen molar-refractivity contribution in [2.75, 3.05) is 18.1 Å². The highest BCUT2D eigenvalue weighted by molar-refractivity contribution is 7.88. The summed E-state index contributed by atoms with van der Waals surface area (Å²) in [6.07, 6.45) is 1.99. The number of sulfonamides is 1. The third-order valence-corrected chi connectivity index (χ3v) is 4.19. The Bertz CT molecular complexity index is 811. The third-order valence-electron chi connectivity index (χ3n) is 3.46. The van der Waals surface area contributed by atoms with Crippen LogP contribution in [-0.4, -0.2) is 36.7 Å². The van der Waals surface area contributed by atoms with Crippen LogP contribution in [0.2, 0.25) is 0 Å². The third kappa shape index (κ3) is 4.52. The van der Waals surface area contributed by atoms with E-state index >= 15 is 0 Å². The average molecular weight is 338 g/mol. The lowest BCUT2D eigenvalue weighted by Gasteiger charge is -2.06. The van der Waals surface area contributed by atoms with Gasteiger partial charge in [0.05, 0.1) is 17.3 Å². The molecule has 23 heavy (non-hydrogen) atoms. The van der Waals surface area contributed by atoms with Gasteiger partial charge in [0.25, 0.3) is 0 Å². The van der Waals surface area contributed by atoms with Gasteiger partial charge >= 0.3 is 0 Å². The molecule has 0 bridgehead atoms. The van der Waals surface area contributed by atoms with E-state index in [1.165, 1.54) is 0 Å². The quantitative estimate of drug-likeness (QED) is 0.800. The number of nitrogens with zero attached hydrogens (tertiary/aromatic N) is 2. The Morgan fingerprint density at radius 3 is 2.65 bits per heavy atom. The number of carbonyl (C=O) groups is 1. The highest BCUT2D eigenvalue weighted by atomic mass is 32.2. The van der Waals surface area contributed by atoms with Crippen molar-refractivity contribution >= 4 is 32.7 Å². The zero-order valence-corrected chi connectivity index (χ0v) is 14.4. The Morgan fingerprint density at radius 2 is 2.04 bits per heavy atom. The van der Waals surface area contributed by atoms with Crippen molar-refractivity contribution in [3.63, 3.8) is 0 Å². The number of hydrogen-bond donors (Lipinski definition) is 2. The molecular formula is C15H22N4O3S. The maximum atomic E-state index is 11.8. The topological polar surface area (TPSA) is 93.1 Å². The lowest BCUT2D eigenvalue weighted by molar-refractivity contribution is -0.116. The second kappa shape index (κ2) is 7.10. The predicted molar refractivity (Wildman–Crippen MR) is 90.9 cm³/mol. The van der Waals surface area contributed by atoms with Crippen molar-refractivity contribution in [3.8, 4) is 0 Å². The summed E-state index contributed by atoms with van der Waals surface area (Å²) in [4.78, 5) is 16.4. The van der Waals surface area contributed by atoms with E-state index in [2.05, 4.69) is 33.4 Å². The van der Waals surface area contributed by atoms with Crippen LogP contribution in [0.15, 0.2) is 18.2 Å². The SMILES string of the molecule is CCc1nc2cc(NC(=O)CCNS(C)(=O)=O)ccc2n1CC. The number of anilines is 1. The second-order valence-electron chi connectivity index (χ2n) is 5.29. The van der Waals surface area contributed by atoms with Gasteiger partial charge in [-0.2, -0.15) is 0 Å². The molecule has 0 aliphatic heterocycles. The molecule has 0 spiro atoms. The molecule has 0 saturated heterocycles. The number of aryl methyl sites for hydroxylation is 2. The van der Waals surface area contributed by atoms with E-state index < -0.39 is 10.0 Å². The van der Waals surface area contributed by atoms with Gasteiger partial charge in [0.15, 0.2) is 0 Å². The van der Waals surface area contributed by atoms with E-state index in [4.69, 9.17) is 0 Å². The minimum atomic E-state index is -3.27. The first-order chi connectivity index (χ1) is 10.8. The molecule has 0 aliphatic rings. The predicted octanol–water partition coefficient (Wildman–Crippen LogP) is 1.50. The fourth-order valence-corrected chi connectivity index (χ4v) is 2.93. The molecule has 8 heteroatoms. The first-order valence-corrected chi connectivity index (χ1v) is 9.46. The number of nitrogens with one attached hydrogen (secondary N) is 2. The second-order valence-corrected chi connectivity index (χ2v) is 7.13. The molecule has 0 radical (unpaired) electrons. The molecule has 0 fully saturated rings. The summed E-state index contributed by atoms with van der Waals surface area (Å²) in [5, 5.41) is 2.76. The van der Waals surface area contributed by atoms with Crippen molar-refractivity contribution in [1.29, 1.82) is 0 Å². The smallest absolute Gasteiger partial charge is 0.225 e. The Hall–Kier alpha value is -1.93. The van der Waals surface area contributed by atoms with Gasteiger partial charge < -0.3 is 9.88 Å². The number of carbonyl (C=O) groups excluding carboxylic acids is 1. The van der Waals surface area contributed by atoms with Gasteiger partial charge in [-0.15, -0.1) is 0 Å². The summed E-state index contributed by atoms with van der Waals surface area (Å²) in [5.41, 5.74) is 2.54. The highest BCUT2D eigenvalue weighted by Gasteiger charge is 2.10. The number of rotatable bonds is 7. The molecule has 0 aliphatic carbocycles. The van der Waals surface area contributed by atoms with E-state index in [-0.39, 0.29) is 18.9 Å². The van der Waals surface area contributed by atoms with Crippen molar-refractivity contribution < 1.29 is 13.2 Å². The molecule has 0 atom stereocenters. The van der Waals surface area contributed by atoms with Crippen molar-refractivity contribution in [3.05, 3.63) is 24.0 Å². The number of aromatic nitrogens is 2. The van der Waals surface area contributed by atoms with Crippen LogP contribution in [0.3, 0.4) is 0 Å². The van der Waals surface area contributed by atoms with Crippen LogP contribution < -0.4 is 10.0 Å². The number of benzene rings is 1. The maximum Gasteiger partial charge on any atom is 0.225 e. The molecule has 0 unspecified atom stereocenters. The fourth-order valence-electron chi connectivity index (χ4n) is 2.45. The zero-order valence-electron chi connectivity index (χ0n) is 13.6. The van der Waals surface area contributed by atoms with Crippen LogP contribution in [-0.2, 0) is 27.8 Å². The van der Waals surface area contributed by atoms with Crippen LogP contribution in [0.5, 0.6) is 0 Å².